The van der Waals surface area contributed by atoms with E-state index in [1.165, 1.54) is 19.1 Å². The molecule has 7 heteroatoms. The predicted molar refractivity (Wildman–Crippen MR) is 85.2 cm³/mol. The van der Waals surface area contributed by atoms with Crippen LogP contribution in [0.25, 0.3) is 0 Å². The van der Waals surface area contributed by atoms with Gasteiger partial charge in [-0.25, -0.2) is 0 Å². The Morgan fingerprint density at radius 3 is 2.48 bits per heavy atom. The zero-order chi connectivity index (χ0) is 17.5. The average Bonchev–Trinajstić information content (AvgIpc) is 2.46. The molecule has 0 bridgehead atoms. The van der Waals surface area contributed by atoms with Gasteiger partial charge in [-0.3, -0.25) is 9.69 Å². The molecule has 0 heterocycles. The van der Waals surface area contributed by atoms with Crippen molar-refractivity contribution < 1.29 is 18.0 Å². The first kappa shape index (κ1) is 19.4. The number of hydrogen-bond acceptors (Lipinski definition) is 3. The highest BCUT2D eigenvalue weighted by molar-refractivity contribution is 5.88. The second-order valence-electron chi connectivity index (χ2n) is 5.27. The average molecular weight is 331 g/mol. The minimum Gasteiger partial charge on any atom is -0.326 e. The van der Waals surface area contributed by atoms with Crippen molar-refractivity contribution in [1.82, 2.24) is 10.2 Å². The van der Waals surface area contributed by atoms with E-state index in [0.717, 1.165) is 19.2 Å². The van der Waals surface area contributed by atoms with E-state index in [4.69, 9.17) is 0 Å². The molecule has 23 heavy (non-hydrogen) atoms. The zero-order valence-corrected chi connectivity index (χ0v) is 13.8. The summed E-state index contributed by atoms with van der Waals surface area (Å²) in [5.41, 5.74) is -0.333. The molecule has 0 saturated heterocycles. The molecule has 0 saturated carbocycles. The lowest BCUT2D eigenvalue weighted by molar-refractivity contribution is -0.138. The van der Waals surface area contributed by atoms with Crippen LogP contribution in [-0.2, 0) is 17.5 Å². The fourth-order valence-corrected chi connectivity index (χ4v) is 2.26. The Labute approximate surface area is 135 Å². The maximum Gasteiger partial charge on any atom is 0.416 e. The van der Waals surface area contributed by atoms with Gasteiger partial charge in [0.2, 0.25) is 5.91 Å². The Balaban J connectivity index is 2.97. The number of alkyl halides is 3. The van der Waals surface area contributed by atoms with Gasteiger partial charge in [0.15, 0.2) is 0 Å². The summed E-state index contributed by atoms with van der Waals surface area (Å²) in [4.78, 5) is 13.0. The number of nitrogens with one attached hydrogen (secondary N) is 2. The van der Waals surface area contributed by atoms with Crippen molar-refractivity contribution in [2.75, 3.05) is 31.5 Å². The lowest BCUT2D eigenvalue weighted by Gasteiger charge is -2.23. The number of likely N-dealkylation sites (N-methyl/N-ethyl adjacent to an activating group) is 2. The molecule has 4 nitrogen and oxygen atoms in total. The van der Waals surface area contributed by atoms with Crippen LogP contribution in [0.3, 0.4) is 0 Å². The third kappa shape index (κ3) is 6.58. The second-order valence-corrected chi connectivity index (χ2v) is 5.27. The summed E-state index contributed by atoms with van der Waals surface area (Å²) in [6.45, 7) is 8.29. The molecule has 0 spiro atoms. The molecule has 0 aliphatic rings. The smallest absolute Gasteiger partial charge is 0.326 e. The Kier molecular flexibility index (Phi) is 7.51. The van der Waals surface area contributed by atoms with Gasteiger partial charge in [0.1, 0.15) is 0 Å². The van der Waals surface area contributed by atoms with Crippen LogP contribution in [0.2, 0.25) is 0 Å². The first-order valence-corrected chi connectivity index (χ1v) is 7.68. The van der Waals surface area contributed by atoms with Crippen LogP contribution in [0.1, 0.15) is 31.9 Å². The van der Waals surface area contributed by atoms with Gasteiger partial charge in [-0.1, -0.05) is 19.9 Å². The van der Waals surface area contributed by atoms with E-state index < -0.39 is 17.6 Å². The molecule has 130 valence electrons. The number of benzene rings is 1. The van der Waals surface area contributed by atoms with Crippen LogP contribution in [-0.4, -0.2) is 37.0 Å². The number of rotatable bonds is 8. The van der Waals surface area contributed by atoms with Crippen molar-refractivity contribution in [3.05, 3.63) is 29.3 Å². The maximum absolute atomic E-state index is 13.3. The zero-order valence-electron chi connectivity index (χ0n) is 13.8. The highest BCUT2D eigenvalue weighted by Gasteiger charge is 2.33. The largest absolute Gasteiger partial charge is 0.416 e. The lowest BCUT2D eigenvalue weighted by atomic mass is 10.0. The third-order valence-electron chi connectivity index (χ3n) is 3.43. The van der Waals surface area contributed by atoms with Crippen LogP contribution in [0.4, 0.5) is 18.9 Å². The van der Waals surface area contributed by atoms with E-state index in [9.17, 15) is 18.0 Å². The molecule has 0 radical (unpaired) electrons. The number of amides is 1. The Morgan fingerprint density at radius 1 is 1.26 bits per heavy atom. The molecule has 0 fully saturated rings. The van der Waals surface area contributed by atoms with Crippen molar-refractivity contribution in [3.8, 4) is 0 Å². The molecule has 0 unspecified atom stereocenters. The number of carbonyl (C=O) groups is 1. The minimum absolute atomic E-state index is 0.157. The summed E-state index contributed by atoms with van der Waals surface area (Å²) >= 11 is 0. The van der Waals surface area contributed by atoms with Crippen molar-refractivity contribution in [3.63, 3.8) is 0 Å². The van der Waals surface area contributed by atoms with E-state index in [1.54, 1.807) is 0 Å². The molecule has 1 aromatic carbocycles. The molecule has 0 aliphatic heterocycles. The van der Waals surface area contributed by atoms with Gasteiger partial charge in [-0.05, 0) is 30.8 Å². The molecule has 0 atom stereocenters. The van der Waals surface area contributed by atoms with Crippen LogP contribution >= 0.6 is 0 Å². The van der Waals surface area contributed by atoms with Crippen molar-refractivity contribution >= 4 is 11.6 Å². The summed E-state index contributed by atoms with van der Waals surface area (Å²) in [6.07, 6.45) is -4.45. The molecule has 0 aromatic heterocycles. The van der Waals surface area contributed by atoms with Gasteiger partial charge in [0, 0.05) is 32.2 Å². The van der Waals surface area contributed by atoms with Crippen molar-refractivity contribution in [1.29, 1.82) is 0 Å². The quantitative estimate of drug-likeness (QED) is 0.720. The molecular formula is C16H24F3N3O. The lowest BCUT2D eigenvalue weighted by Crippen LogP contribution is -2.32. The number of carbonyl (C=O) groups excluding carboxylic acids is 1. The van der Waals surface area contributed by atoms with Crippen LogP contribution in [0.5, 0.6) is 0 Å². The standard InChI is InChI=1S/C16H24F3N3O/c1-4-20-8-9-22(5-2)11-13-6-7-14(21-12(3)23)10-15(13)16(17,18)19/h6-7,10,20H,4-5,8-9,11H2,1-3H3,(H,21,23). The van der Waals surface area contributed by atoms with Gasteiger partial charge < -0.3 is 10.6 Å². The first-order valence-electron chi connectivity index (χ1n) is 7.68. The second kappa shape index (κ2) is 8.88. The highest BCUT2D eigenvalue weighted by atomic mass is 19.4. The minimum atomic E-state index is -4.45. The van der Waals surface area contributed by atoms with Gasteiger partial charge in [0.25, 0.3) is 0 Å². The van der Waals surface area contributed by atoms with Gasteiger partial charge in [-0.15, -0.1) is 0 Å². The van der Waals surface area contributed by atoms with E-state index in [1.807, 2.05) is 18.7 Å². The summed E-state index contributed by atoms with van der Waals surface area (Å²) < 4.78 is 39.8. The molecule has 2 N–H and O–H groups in total. The molecule has 1 aromatic rings. The van der Waals surface area contributed by atoms with Crippen molar-refractivity contribution in [2.24, 2.45) is 0 Å². The Bertz CT molecular complexity index is 518. The summed E-state index contributed by atoms with van der Waals surface area (Å²) in [6, 6.07) is 3.93. The number of halogens is 3. The number of nitrogens with zero attached hydrogens (tertiary/aromatic N) is 1. The van der Waals surface area contributed by atoms with Gasteiger partial charge >= 0.3 is 6.18 Å². The Hall–Kier alpha value is -1.60. The van der Waals surface area contributed by atoms with E-state index >= 15 is 0 Å². The van der Waals surface area contributed by atoms with Crippen LogP contribution in [0.15, 0.2) is 18.2 Å². The summed E-state index contributed by atoms with van der Waals surface area (Å²) in [7, 11) is 0. The maximum atomic E-state index is 13.3. The summed E-state index contributed by atoms with van der Waals surface area (Å²) in [5.74, 6) is -0.397. The molecule has 1 rings (SSSR count). The number of anilines is 1. The summed E-state index contributed by atoms with van der Waals surface area (Å²) in [5, 5.41) is 5.55. The fraction of sp³-hybridized carbons (Fsp3) is 0.562. The molecular weight excluding hydrogens is 307 g/mol. The SMILES string of the molecule is CCNCCN(CC)Cc1ccc(NC(C)=O)cc1C(F)(F)F. The first-order chi connectivity index (χ1) is 10.8. The fourth-order valence-electron chi connectivity index (χ4n) is 2.26. The monoisotopic (exact) mass is 331 g/mol. The van der Waals surface area contributed by atoms with Crippen LogP contribution in [0, 0.1) is 0 Å². The highest BCUT2D eigenvalue weighted by Crippen LogP contribution is 2.34. The molecule has 1 amide bonds. The van der Waals surface area contributed by atoms with E-state index in [0.29, 0.717) is 13.1 Å². The van der Waals surface area contributed by atoms with E-state index in [2.05, 4.69) is 10.6 Å². The Morgan fingerprint density at radius 2 is 1.96 bits per heavy atom. The number of hydrogen-bond donors (Lipinski definition) is 2. The topological polar surface area (TPSA) is 44.4 Å². The van der Waals surface area contributed by atoms with Gasteiger partial charge in [-0.2, -0.15) is 13.2 Å². The predicted octanol–water partition coefficient (Wildman–Crippen LogP) is 3.10. The molecule has 0 aliphatic carbocycles. The third-order valence-corrected chi connectivity index (χ3v) is 3.43. The van der Waals surface area contributed by atoms with Crippen molar-refractivity contribution in [2.45, 2.75) is 33.5 Å². The van der Waals surface area contributed by atoms with Gasteiger partial charge in [0.05, 0.1) is 5.56 Å². The van der Waals surface area contributed by atoms with E-state index in [-0.39, 0.29) is 17.8 Å². The normalized spacial score (nSPS) is 11.8. The van der Waals surface area contributed by atoms with Crippen LogP contribution < -0.4 is 10.6 Å².